The molecule has 0 saturated carbocycles. The first-order valence-corrected chi connectivity index (χ1v) is 4.80. The van der Waals surface area contributed by atoms with Gasteiger partial charge in [0.2, 0.25) is 0 Å². The van der Waals surface area contributed by atoms with Crippen LogP contribution in [-0.2, 0) is 13.0 Å². The van der Waals surface area contributed by atoms with E-state index < -0.39 is 5.92 Å². The zero-order valence-corrected chi connectivity index (χ0v) is 9.01. The Labute approximate surface area is 82.9 Å². The highest BCUT2D eigenvalue weighted by Gasteiger charge is 2.35. The van der Waals surface area contributed by atoms with Crippen LogP contribution in [0.4, 0.5) is 8.78 Å². The van der Waals surface area contributed by atoms with Crippen LogP contribution in [0.3, 0.4) is 0 Å². The maximum absolute atomic E-state index is 13.5. The zero-order valence-electron chi connectivity index (χ0n) is 9.01. The highest BCUT2D eigenvalue weighted by molar-refractivity contribution is 5.25. The molecule has 0 bridgehead atoms. The largest absolute Gasteiger partial charge is 0.289 e. The number of alkyl halides is 2. The molecule has 1 rings (SSSR count). The fraction of sp³-hybridized carbons (Fsp3) is 0.700. The summed E-state index contributed by atoms with van der Waals surface area (Å²) in [7, 11) is 1.56. The maximum Gasteiger partial charge on any atom is 0.289 e. The van der Waals surface area contributed by atoms with E-state index in [1.807, 2.05) is 13.8 Å². The van der Waals surface area contributed by atoms with Gasteiger partial charge in [0.05, 0.1) is 6.20 Å². The van der Waals surface area contributed by atoms with Crippen molar-refractivity contribution in [3.63, 3.8) is 0 Å². The van der Waals surface area contributed by atoms with Crippen LogP contribution in [0.5, 0.6) is 0 Å². The molecule has 0 aliphatic carbocycles. The van der Waals surface area contributed by atoms with Crippen LogP contribution < -0.4 is 0 Å². The smallest absolute Gasteiger partial charge is 0.266 e. The lowest BCUT2D eigenvalue weighted by atomic mass is 10.00. The molecule has 0 amide bonds. The third kappa shape index (κ3) is 1.79. The van der Waals surface area contributed by atoms with Crippen molar-refractivity contribution in [2.24, 2.45) is 7.05 Å². The van der Waals surface area contributed by atoms with Gasteiger partial charge in [-0.1, -0.05) is 20.8 Å². The first-order chi connectivity index (χ1) is 6.40. The van der Waals surface area contributed by atoms with Gasteiger partial charge < -0.3 is 0 Å². The molecule has 1 heterocycles. The van der Waals surface area contributed by atoms with Gasteiger partial charge in [-0.2, -0.15) is 13.9 Å². The predicted molar refractivity (Wildman–Crippen MR) is 51.5 cm³/mol. The maximum atomic E-state index is 13.5. The van der Waals surface area contributed by atoms with Crippen LogP contribution in [0.25, 0.3) is 0 Å². The molecular formula is C10H16F2N2. The number of aryl methyl sites for hydroxylation is 1. The monoisotopic (exact) mass is 202 g/mol. The molecule has 1 aromatic rings. The van der Waals surface area contributed by atoms with Gasteiger partial charge in [0.25, 0.3) is 5.92 Å². The van der Waals surface area contributed by atoms with E-state index in [4.69, 9.17) is 0 Å². The number of halogens is 2. The summed E-state index contributed by atoms with van der Waals surface area (Å²) in [6, 6.07) is 0. The highest BCUT2D eigenvalue weighted by atomic mass is 19.3. The molecule has 80 valence electrons. The molecule has 0 saturated heterocycles. The second kappa shape index (κ2) is 3.67. The Morgan fingerprint density at radius 1 is 1.50 bits per heavy atom. The second-order valence-electron chi connectivity index (χ2n) is 3.78. The van der Waals surface area contributed by atoms with Crippen molar-refractivity contribution in [3.05, 3.63) is 17.5 Å². The zero-order chi connectivity index (χ0) is 10.9. The minimum atomic E-state index is -2.77. The van der Waals surface area contributed by atoms with Gasteiger partial charge in [-0.3, -0.25) is 4.68 Å². The Morgan fingerprint density at radius 2 is 2.07 bits per heavy atom. The molecule has 0 N–H and O–H groups in total. The van der Waals surface area contributed by atoms with E-state index >= 15 is 0 Å². The lowest BCUT2D eigenvalue weighted by Crippen LogP contribution is -2.19. The Balaban J connectivity index is 3.24. The third-order valence-electron chi connectivity index (χ3n) is 2.38. The lowest BCUT2D eigenvalue weighted by Gasteiger charge is -2.17. The van der Waals surface area contributed by atoms with E-state index in [0.717, 1.165) is 0 Å². The summed E-state index contributed by atoms with van der Waals surface area (Å²) in [5.74, 6) is -2.69. The summed E-state index contributed by atoms with van der Waals surface area (Å²) in [6.07, 6.45) is 1.34. The number of nitrogens with zero attached hydrogens (tertiary/aromatic N) is 2. The molecule has 0 radical (unpaired) electrons. The molecule has 0 spiro atoms. The molecule has 14 heavy (non-hydrogen) atoms. The van der Waals surface area contributed by atoms with Crippen molar-refractivity contribution in [2.45, 2.75) is 39.0 Å². The van der Waals surface area contributed by atoms with E-state index in [2.05, 4.69) is 5.10 Å². The quantitative estimate of drug-likeness (QED) is 0.736. The molecule has 2 nitrogen and oxygen atoms in total. The fourth-order valence-corrected chi connectivity index (χ4v) is 1.49. The summed E-state index contributed by atoms with van der Waals surface area (Å²) in [4.78, 5) is 0. The molecule has 0 fully saturated rings. The van der Waals surface area contributed by atoms with Gasteiger partial charge in [0.15, 0.2) is 0 Å². The van der Waals surface area contributed by atoms with Crippen LogP contribution in [0.15, 0.2) is 6.20 Å². The van der Waals surface area contributed by atoms with Gasteiger partial charge in [-0.05, 0) is 5.92 Å². The summed E-state index contributed by atoms with van der Waals surface area (Å²) in [5, 5.41) is 3.89. The Kier molecular flexibility index (Phi) is 2.92. The Bertz CT molecular complexity index is 316. The van der Waals surface area contributed by atoms with Crippen LogP contribution in [0.2, 0.25) is 0 Å². The van der Waals surface area contributed by atoms with Crippen molar-refractivity contribution in [1.29, 1.82) is 0 Å². The average Bonchev–Trinajstić information content (AvgIpc) is 2.47. The molecule has 0 atom stereocenters. The Hall–Kier alpha value is -0.930. The van der Waals surface area contributed by atoms with Crippen LogP contribution >= 0.6 is 0 Å². The Morgan fingerprint density at radius 3 is 2.50 bits per heavy atom. The van der Waals surface area contributed by atoms with E-state index in [1.54, 1.807) is 7.05 Å². The molecule has 0 aliphatic heterocycles. The number of aromatic nitrogens is 2. The van der Waals surface area contributed by atoms with Gasteiger partial charge in [0.1, 0.15) is 5.69 Å². The molecule has 4 heteroatoms. The average molecular weight is 202 g/mol. The van der Waals surface area contributed by atoms with Crippen LogP contribution in [-0.4, -0.2) is 9.78 Å². The predicted octanol–water partition coefficient (Wildman–Crippen LogP) is 3.05. The third-order valence-corrected chi connectivity index (χ3v) is 2.38. The molecule has 0 aliphatic rings. The molecular weight excluding hydrogens is 186 g/mol. The van der Waals surface area contributed by atoms with E-state index in [1.165, 1.54) is 17.8 Å². The van der Waals surface area contributed by atoms with Gasteiger partial charge in [0, 0.05) is 19.0 Å². The molecule has 1 aromatic heterocycles. The lowest BCUT2D eigenvalue weighted by molar-refractivity contribution is -0.0175. The fourth-order valence-electron chi connectivity index (χ4n) is 1.49. The minimum absolute atomic E-state index is 0.0509. The number of hydrogen-bond acceptors (Lipinski definition) is 1. The first kappa shape index (κ1) is 11.1. The van der Waals surface area contributed by atoms with Crippen molar-refractivity contribution >= 4 is 0 Å². The normalized spacial score (nSPS) is 12.5. The first-order valence-electron chi connectivity index (χ1n) is 4.80. The standard InChI is InChI=1S/C10H16F2N2/c1-5-10(11,12)9-8(7(2)3)6-13-14(9)4/h6-7H,5H2,1-4H3. The van der Waals surface area contributed by atoms with Crippen molar-refractivity contribution in [1.82, 2.24) is 9.78 Å². The summed E-state index contributed by atoms with van der Waals surface area (Å²) in [6.45, 7) is 5.27. The van der Waals surface area contributed by atoms with E-state index in [9.17, 15) is 8.78 Å². The molecule has 0 unspecified atom stereocenters. The van der Waals surface area contributed by atoms with Crippen LogP contribution in [0, 0.1) is 0 Å². The topological polar surface area (TPSA) is 17.8 Å². The van der Waals surface area contributed by atoms with E-state index in [-0.39, 0.29) is 18.0 Å². The van der Waals surface area contributed by atoms with Crippen LogP contribution in [0.1, 0.15) is 44.4 Å². The SMILES string of the molecule is CCC(F)(F)c1c(C(C)C)cnn1C. The number of rotatable bonds is 3. The summed E-state index contributed by atoms with van der Waals surface area (Å²) >= 11 is 0. The van der Waals surface area contributed by atoms with Gasteiger partial charge >= 0.3 is 0 Å². The van der Waals surface area contributed by atoms with Crippen molar-refractivity contribution < 1.29 is 8.78 Å². The van der Waals surface area contributed by atoms with Crippen molar-refractivity contribution in [2.75, 3.05) is 0 Å². The molecule has 0 aromatic carbocycles. The number of hydrogen-bond donors (Lipinski definition) is 0. The van der Waals surface area contributed by atoms with Crippen molar-refractivity contribution in [3.8, 4) is 0 Å². The highest BCUT2D eigenvalue weighted by Crippen LogP contribution is 2.35. The second-order valence-corrected chi connectivity index (χ2v) is 3.78. The summed E-state index contributed by atoms with van der Waals surface area (Å²) in [5.41, 5.74) is 0.689. The van der Waals surface area contributed by atoms with E-state index in [0.29, 0.717) is 5.56 Å². The minimum Gasteiger partial charge on any atom is -0.266 e. The summed E-state index contributed by atoms with van der Waals surface area (Å²) < 4.78 is 28.4. The van der Waals surface area contributed by atoms with Gasteiger partial charge in [-0.25, -0.2) is 0 Å². The van der Waals surface area contributed by atoms with Gasteiger partial charge in [-0.15, -0.1) is 0 Å².